The highest BCUT2D eigenvalue weighted by atomic mass is 32.1. The smallest absolute Gasteiger partial charge is 0.350 e. The molecular formula is C14H13NO3S. The van der Waals surface area contributed by atoms with Gasteiger partial charge in [-0.15, -0.1) is 11.3 Å². The lowest BCUT2D eigenvalue weighted by atomic mass is 10.2. The zero-order valence-corrected chi connectivity index (χ0v) is 11.1. The first kappa shape index (κ1) is 12.3. The maximum Gasteiger partial charge on any atom is 0.350 e. The van der Waals surface area contributed by atoms with Gasteiger partial charge in [0.25, 0.3) is 0 Å². The molecule has 0 spiro atoms. The number of aromatic nitrogens is 1. The number of hydrogen-bond acceptors (Lipinski definition) is 5. The molecule has 0 bridgehead atoms. The minimum atomic E-state index is -0.310. The van der Waals surface area contributed by atoms with Crippen LogP contribution in [0.1, 0.15) is 16.1 Å². The number of carbonyl (C=O) groups is 1. The van der Waals surface area contributed by atoms with Crippen molar-refractivity contribution >= 4 is 17.3 Å². The molecule has 2 aromatic rings. The number of benzene rings is 1. The number of nitrogens with zero attached hydrogens (tertiary/aromatic N) is 1. The number of ether oxygens (including phenoxy) is 2. The highest BCUT2D eigenvalue weighted by molar-refractivity contribution is 7.16. The number of carbonyl (C=O) groups excluding carboxylic acids is 1. The van der Waals surface area contributed by atoms with Gasteiger partial charge in [0.05, 0.1) is 19.4 Å². The molecule has 0 amide bonds. The molecule has 3 rings (SSSR count). The third kappa shape index (κ3) is 2.83. The molecule has 1 aromatic carbocycles. The molecule has 98 valence electrons. The molecule has 1 aliphatic heterocycles. The molecule has 1 atom stereocenters. The molecule has 1 saturated heterocycles. The maximum atomic E-state index is 11.9. The van der Waals surface area contributed by atoms with Gasteiger partial charge in [-0.05, 0) is 0 Å². The van der Waals surface area contributed by atoms with Crippen molar-refractivity contribution in [2.45, 2.75) is 12.5 Å². The van der Waals surface area contributed by atoms with Gasteiger partial charge in [0, 0.05) is 12.0 Å². The molecule has 5 heteroatoms. The van der Waals surface area contributed by atoms with Crippen molar-refractivity contribution in [1.82, 2.24) is 4.98 Å². The van der Waals surface area contributed by atoms with E-state index in [4.69, 9.17) is 9.47 Å². The fourth-order valence-corrected chi connectivity index (χ4v) is 2.70. The molecule has 0 aliphatic carbocycles. The van der Waals surface area contributed by atoms with Crippen molar-refractivity contribution in [3.8, 4) is 10.6 Å². The SMILES string of the molecule is O=C(O[C@H]1CCOC1)c1cnc(-c2ccccc2)s1. The average Bonchev–Trinajstić information content (AvgIpc) is 3.10. The van der Waals surface area contributed by atoms with Gasteiger partial charge in [0.1, 0.15) is 16.0 Å². The fourth-order valence-electron chi connectivity index (χ4n) is 1.90. The third-order valence-electron chi connectivity index (χ3n) is 2.89. The molecule has 0 N–H and O–H groups in total. The van der Waals surface area contributed by atoms with Crippen LogP contribution in [0.3, 0.4) is 0 Å². The number of thiazole rings is 1. The van der Waals surface area contributed by atoms with Crippen molar-refractivity contribution < 1.29 is 14.3 Å². The molecule has 2 heterocycles. The minimum Gasteiger partial charge on any atom is -0.456 e. The van der Waals surface area contributed by atoms with E-state index in [9.17, 15) is 4.79 Å². The lowest BCUT2D eigenvalue weighted by Gasteiger charge is -2.07. The summed E-state index contributed by atoms with van der Waals surface area (Å²) in [7, 11) is 0. The molecule has 0 saturated carbocycles. The summed E-state index contributed by atoms with van der Waals surface area (Å²) in [5.41, 5.74) is 1.01. The summed E-state index contributed by atoms with van der Waals surface area (Å²) in [5.74, 6) is -0.310. The summed E-state index contributed by atoms with van der Waals surface area (Å²) < 4.78 is 10.5. The van der Waals surface area contributed by atoms with Crippen molar-refractivity contribution in [1.29, 1.82) is 0 Å². The van der Waals surface area contributed by atoms with Crippen LogP contribution >= 0.6 is 11.3 Å². The topological polar surface area (TPSA) is 48.4 Å². The zero-order chi connectivity index (χ0) is 13.1. The monoisotopic (exact) mass is 275 g/mol. The highest BCUT2D eigenvalue weighted by Crippen LogP contribution is 2.25. The Morgan fingerprint density at radius 2 is 2.21 bits per heavy atom. The van der Waals surface area contributed by atoms with E-state index in [0.717, 1.165) is 17.0 Å². The van der Waals surface area contributed by atoms with E-state index in [-0.39, 0.29) is 12.1 Å². The first-order valence-electron chi connectivity index (χ1n) is 6.13. The van der Waals surface area contributed by atoms with Crippen LogP contribution < -0.4 is 0 Å². The number of rotatable bonds is 3. The minimum absolute atomic E-state index is 0.116. The molecule has 1 aliphatic rings. The molecule has 19 heavy (non-hydrogen) atoms. The standard InChI is InChI=1S/C14H13NO3S/c16-14(18-11-6-7-17-9-11)12-8-15-13(19-12)10-4-2-1-3-5-10/h1-5,8,11H,6-7,9H2/t11-/m0/s1. The van der Waals surface area contributed by atoms with Crippen LogP contribution in [0.15, 0.2) is 36.5 Å². The van der Waals surface area contributed by atoms with Crippen LogP contribution in [0.4, 0.5) is 0 Å². The lowest BCUT2D eigenvalue weighted by Crippen LogP contribution is -2.17. The zero-order valence-electron chi connectivity index (χ0n) is 10.2. The predicted molar refractivity (Wildman–Crippen MR) is 72.2 cm³/mol. The Morgan fingerprint density at radius 3 is 2.95 bits per heavy atom. The van der Waals surface area contributed by atoms with Gasteiger partial charge in [-0.1, -0.05) is 30.3 Å². The quantitative estimate of drug-likeness (QED) is 0.808. The molecule has 1 aromatic heterocycles. The molecular weight excluding hydrogens is 262 g/mol. The van der Waals surface area contributed by atoms with Crippen LogP contribution in [0, 0.1) is 0 Å². The molecule has 4 nitrogen and oxygen atoms in total. The van der Waals surface area contributed by atoms with Crippen molar-refractivity contribution in [2.24, 2.45) is 0 Å². The maximum absolute atomic E-state index is 11.9. The van der Waals surface area contributed by atoms with E-state index in [1.165, 1.54) is 11.3 Å². The first-order chi connectivity index (χ1) is 9.33. The van der Waals surface area contributed by atoms with Gasteiger partial charge in [-0.25, -0.2) is 9.78 Å². The van der Waals surface area contributed by atoms with E-state index in [0.29, 0.717) is 18.1 Å². The van der Waals surface area contributed by atoms with Crippen LogP contribution in [0.2, 0.25) is 0 Å². The van der Waals surface area contributed by atoms with Crippen molar-refractivity contribution in [3.63, 3.8) is 0 Å². The summed E-state index contributed by atoms with van der Waals surface area (Å²) in [4.78, 5) is 16.7. The van der Waals surface area contributed by atoms with Gasteiger partial charge in [0.2, 0.25) is 0 Å². The van der Waals surface area contributed by atoms with E-state index in [2.05, 4.69) is 4.98 Å². The van der Waals surface area contributed by atoms with Gasteiger partial charge < -0.3 is 9.47 Å². The third-order valence-corrected chi connectivity index (χ3v) is 3.92. The first-order valence-corrected chi connectivity index (χ1v) is 6.94. The summed E-state index contributed by atoms with van der Waals surface area (Å²) in [5, 5.41) is 0.829. The van der Waals surface area contributed by atoms with Crippen molar-refractivity contribution in [3.05, 3.63) is 41.4 Å². The van der Waals surface area contributed by atoms with E-state index >= 15 is 0 Å². The second-order valence-electron chi connectivity index (χ2n) is 4.29. The van der Waals surface area contributed by atoms with Gasteiger partial charge in [0.15, 0.2) is 0 Å². The Bertz CT molecular complexity index is 561. The van der Waals surface area contributed by atoms with E-state index in [1.54, 1.807) is 6.20 Å². The Hall–Kier alpha value is -1.72. The van der Waals surface area contributed by atoms with E-state index in [1.807, 2.05) is 30.3 Å². The second kappa shape index (κ2) is 5.50. The summed E-state index contributed by atoms with van der Waals surface area (Å²) in [6.45, 7) is 1.16. The second-order valence-corrected chi connectivity index (χ2v) is 5.32. The lowest BCUT2D eigenvalue weighted by molar-refractivity contribution is 0.0276. The predicted octanol–water partition coefficient (Wildman–Crippen LogP) is 2.76. The van der Waals surface area contributed by atoms with Gasteiger partial charge >= 0.3 is 5.97 Å². The fraction of sp³-hybridized carbons (Fsp3) is 0.286. The van der Waals surface area contributed by atoms with Crippen LogP contribution in [0.25, 0.3) is 10.6 Å². The Balaban J connectivity index is 1.72. The Morgan fingerprint density at radius 1 is 1.37 bits per heavy atom. The molecule has 0 radical (unpaired) electrons. The molecule has 1 fully saturated rings. The van der Waals surface area contributed by atoms with Crippen LogP contribution in [-0.2, 0) is 9.47 Å². The van der Waals surface area contributed by atoms with Gasteiger partial charge in [-0.3, -0.25) is 0 Å². The summed E-state index contributed by atoms with van der Waals surface area (Å²) in [6, 6.07) is 9.79. The highest BCUT2D eigenvalue weighted by Gasteiger charge is 2.22. The summed E-state index contributed by atoms with van der Waals surface area (Å²) >= 11 is 1.35. The normalized spacial score (nSPS) is 18.4. The number of hydrogen-bond donors (Lipinski definition) is 0. The Labute approximate surface area is 115 Å². The molecule has 0 unspecified atom stereocenters. The average molecular weight is 275 g/mol. The van der Waals surface area contributed by atoms with Crippen LogP contribution in [0.5, 0.6) is 0 Å². The van der Waals surface area contributed by atoms with Crippen LogP contribution in [-0.4, -0.2) is 30.3 Å². The van der Waals surface area contributed by atoms with Crippen molar-refractivity contribution in [2.75, 3.05) is 13.2 Å². The number of esters is 1. The largest absolute Gasteiger partial charge is 0.456 e. The Kier molecular flexibility index (Phi) is 3.57. The summed E-state index contributed by atoms with van der Waals surface area (Å²) in [6.07, 6.45) is 2.23. The van der Waals surface area contributed by atoms with E-state index < -0.39 is 0 Å². The van der Waals surface area contributed by atoms with Gasteiger partial charge in [-0.2, -0.15) is 0 Å².